The zero-order valence-corrected chi connectivity index (χ0v) is 12.7. The number of aromatic nitrogens is 1. The highest BCUT2D eigenvalue weighted by Gasteiger charge is 2.18. The van der Waals surface area contributed by atoms with Gasteiger partial charge in [0.05, 0.1) is 0 Å². The molecule has 0 unspecified atom stereocenters. The maximum Gasteiger partial charge on any atom is 0.0359 e. The van der Waals surface area contributed by atoms with Gasteiger partial charge in [0.2, 0.25) is 0 Å². The lowest BCUT2D eigenvalue weighted by Crippen LogP contribution is -2.37. The highest BCUT2D eigenvalue weighted by atomic mass is 15.1. The molecule has 0 fully saturated rings. The van der Waals surface area contributed by atoms with Gasteiger partial charge in [-0.15, -0.1) is 0 Å². The van der Waals surface area contributed by atoms with Gasteiger partial charge in [0.25, 0.3) is 0 Å². The van der Waals surface area contributed by atoms with Crippen LogP contribution in [0.2, 0.25) is 0 Å². The predicted molar refractivity (Wildman–Crippen MR) is 78.8 cm³/mol. The molecule has 1 N–H and O–H groups in total. The third kappa shape index (κ3) is 5.23. The van der Waals surface area contributed by atoms with Crippen LogP contribution in [0.1, 0.15) is 32.9 Å². The zero-order chi connectivity index (χ0) is 13.6. The molecule has 0 saturated heterocycles. The first-order valence-electron chi connectivity index (χ1n) is 6.94. The van der Waals surface area contributed by atoms with E-state index in [1.807, 2.05) is 0 Å². The minimum atomic E-state index is 0.311. The standard InChI is InChI=1S/C15H29N3/c1-6-9-18-10-7-8-14(18)11-16-12-15(2,3)13-17(4)5/h7-8,10,16H,6,9,11-13H2,1-5H3. The van der Waals surface area contributed by atoms with Crippen LogP contribution in [0, 0.1) is 5.41 Å². The molecule has 0 amide bonds. The Morgan fingerprint density at radius 1 is 1.33 bits per heavy atom. The van der Waals surface area contributed by atoms with Crippen LogP contribution in [0.3, 0.4) is 0 Å². The van der Waals surface area contributed by atoms with Crippen molar-refractivity contribution >= 4 is 0 Å². The fourth-order valence-corrected chi connectivity index (χ4v) is 2.51. The molecule has 0 aliphatic heterocycles. The molecule has 1 aromatic heterocycles. The fraction of sp³-hybridized carbons (Fsp3) is 0.733. The normalized spacial score (nSPS) is 12.3. The minimum absolute atomic E-state index is 0.311. The van der Waals surface area contributed by atoms with Crippen LogP contribution in [0.5, 0.6) is 0 Å². The van der Waals surface area contributed by atoms with Crippen molar-refractivity contribution in [1.82, 2.24) is 14.8 Å². The van der Waals surface area contributed by atoms with E-state index in [0.717, 1.165) is 26.2 Å². The van der Waals surface area contributed by atoms with Crippen molar-refractivity contribution in [3.8, 4) is 0 Å². The predicted octanol–water partition coefficient (Wildman–Crippen LogP) is 2.58. The first-order chi connectivity index (χ1) is 8.44. The zero-order valence-electron chi connectivity index (χ0n) is 12.7. The lowest BCUT2D eigenvalue weighted by molar-refractivity contribution is 0.231. The summed E-state index contributed by atoms with van der Waals surface area (Å²) in [4.78, 5) is 2.25. The summed E-state index contributed by atoms with van der Waals surface area (Å²) < 4.78 is 2.34. The molecule has 0 saturated carbocycles. The number of hydrogen-bond donors (Lipinski definition) is 1. The maximum absolute atomic E-state index is 3.58. The van der Waals surface area contributed by atoms with Crippen molar-refractivity contribution in [2.24, 2.45) is 5.41 Å². The van der Waals surface area contributed by atoms with Crippen molar-refractivity contribution < 1.29 is 0 Å². The van der Waals surface area contributed by atoms with Gasteiger partial charge in [-0.05, 0) is 38.1 Å². The van der Waals surface area contributed by atoms with Gasteiger partial charge >= 0.3 is 0 Å². The molecule has 3 nitrogen and oxygen atoms in total. The van der Waals surface area contributed by atoms with E-state index in [1.54, 1.807) is 0 Å². The molecule has 0 aliphatic rings. The lowest BCUT2D eigenvalue weighted by atomic mass is 9.93. The molecule has 0 spiro atoms. The Labute approximate surface area is 112 Å². The summed E-state index contributed by atoms with van der Waals surface area (Å²) in [6.07, 6.45) is 3.36. The van der Waals surface area contributed by atoms with Crippen molar-refractivity contribution in [1.29, 1.82) is 0 Å². The second-order valence-electron chi connectivity index (χ2n) is 6.20. The van der Waals surface area contributed by atoms with E-state index in [-0.39, 0.29) is 0 Å². The van der Waals surface area contributed by atoms with Gasteiger partial charge in [0, 0.05) is 38.1 Å². The Balaban J connectivity index is 2.39. The average molecular weight is 251 g/mol. The number of rotatable bonds is 8. The molecule has 0 aromatic carbocycles. The molecule has 1 rings (SSSR count). The number of nitrogens with one attached hydrogen (secondary N) is 1. The summed E-state index contributed by atoms with van der Waals surface area (Å²) >= 11 is 0. The van der Waals surface area contributed by atoms with E-state index in [2.05, 4.69) is 68.0 Å². The van der Waals surface area contributed by atoms with Gasteiger partial charge in [0.1, 0.15) is 0 Å². The van der Waals surface area contributed by atoms with E-state index in [1.165, 1.54) is 12.1 Å². The molecular weight excluding hydrogens is 222 g/mol. The van der Waals surface area contributed by atoms with Crippen molar-refractivity contribution in [2.45, 2.75) is 40.3 Å². The van der Waals surface area contributed by atoms with Gasteiger partial charge < -0.3 is 14.8 Å². The smallest absolute Gasteiger partial charge is 0.0359 e. The maximum atomic E-state index is 3.58. The van der Waals surface area contributed by atoms with E-state index in [9.17, 15) is 0 Å². The van der Waals surface area contributed by atoms with E-state index < -0.39 is 0 Å². The minimum Gasteiger partial charge on any atom is -0.350 e. The monoisotopic (exact) mass is 251 g/mol. The van der Waals surface area contributed by atoms with Gasteiger partial charge in [-0.2, -0.15) is 0 Å². The van der Waals surface area contributed by atoms with Crippen LogP contribution in [-0.2, 0) is 13.1 Å². The molecular formula is C15H29N3. The third-order valence-corrected chi connectivity index (χ3v) is 3.04. The SMILES string of the molecule is CCCn1cccc1CNCC(C)(C)CN(C)C. The molecule has 0 aliphatic carbocycles. The van der Waals surface area contributed by atoms with E-state index in [0.29, 0.717) is 5.41 Å². The number of hydrogen-bond acceptors (Lipinski definition) is 2. The molecule has 0 bridgehead atoms. The van der Waals surface area contributed by atoms with Crippen LogP contribution in [0.25, 0.3) is 0 Å². The molecule has 1 heterocycles. The quantitative estimate of drug-likeness (QED) is 0.766. The molecule has 18 heavy (non-hydrogen) atoms. The Kier molecular flexibility index (Phi) is 5.89. The summed E-state index contributed by atoms with van der Waals surface area (Å²) in [6.45, 7) is 11.1. The van der Waals surface area contributed by atoms with Crippen LogP contribution >= 0.6 is 0 Å². The highest BCUT2D eigenvalue weighted by Crippen LogP contribution is 2.14. The van der Waals surface area contributed by atoms with Gasteiger partial charge in [-0.1, -0.05) is 20.8 Å². The molecule has 104 valence electrons. The van der Waals surface area contributed by atoms with Gasteiger partial charge in [-0.3, -0.25) is 0 Å². The first kappa shape index (κ1) is 15.3. The van der Waals surface area contributed by atoms with E-state index in [4.69, 9.17) is 0 Å². The van der Waals surface area contributed by atoms with Gasteiger partial charge in [-0.25, -0.2) is 0 Å². The number of nitrogens with zero attached hydrogens (tertiary/aromatic N) is 2. The number of aryl methyl sites for hydroxylation is 1. The molecule has 3 heteroatoms. The van der Waals surface area contributed by atoms with Crippen LogP contribution in [-0.4, -0.2) is 36.7 Å². The average Bonchev–Trinajstić information content (AvgIpc) is 2.64. The highest BCUT2D eigenvalue weighted by molar-refractivity contribution is 5.06. The molecule has 1 aromatic rings. The van der Waals surface area contributed by atoms with Crippen LogP contribution < -0.4 is 5.32 Å². The topological polar surface area (TPSA) is 20.2 Å². The molecule has 0 radical (unpaired) electrons. The van der Waals surface area contributed by atoms with Crippen molar-refractivity contribution in [3.63, 3.8) is 0 Å². The fourth-order valence-electron chi connectivity index (χ4n) is 2.51. The second kappa shape index (κ2) is 6.95. The second-order valence-corrected chi connectivity index (χ2v) is 6.20. The summed E-state index contributed by atoms with van der Waals surface area (Å²) in [5, 5.41) is 3.58. The molecule has 0 atom stereocenters. The van der Waals surface area contributed by atoms with Crippen molar-refractivity contribution in [2.75, 3.05) is 27.2 Å². The third-order valence-electron chi connectivity index (χ3n) is 3.04. The Hall–Kier alpha value is -0.800. The Bertz CT molecular complexity index is 339. The van der Waals surface area contributed by atoms with Crippen molar-refractivity contribution in [3.05, 3.63) is 24.0 Å². The Morgan fingerprint density at radius 3 is 2.67 bits per heavy atom. The Morgan fingerprint density at radius 2 is 2.06 bits per heavy atom. The summed E-state index contributed by atoms with van der Waals surface area (Å²) in [6, 6.07) is 4.35. The van der Waals surface area contributed by atoms with E-state index >= 15 is 0 Å². The summed E-state index contributed by atoms with van der Waals surface area (Å²) in [5.41, 5.74) is 1.70. The summed E-state index contributed by atoms with van der Waals surface area (Å²) in [5.74, 6) is 0. The van der Waals surface area contributed by atoms with Gasteiger partial charge in [0.15, 0.2) is 0 Å². The largest absolute Gasteiger partial charge is 0.350 e. The van der Waals surface area contributed by atoms with Crippen LogP contribution in [0.4, 0.5) is 0 Å². The summed E-state index contributed by atoms with van der Waals surface area (Å²) in [7, 11) is 4.27. The van der Waals surface area contributed by atoms with Crippen LogP contribution in [0.15, 0.2) is 18.3 Å². The lowest BCUT2D eigenvalue weighted by Gasteiger charge is -2.28. The first-order valence-corrected chi connectivity index (χ1v) is 6.94.